The van der Waals surface area contributed by atoms with Gasteiger partial charge in [0, 0.05) is 17.0 Å². The summed E-state index contributed by atoms with van der Waals surface area (Å²) in [6.07, 6.45) is 2.21. The monoisotopic (exact) mass is 516 g/mol. The Morgan fingerprint density at radius 1 is 1.16 bits per heavy atom. The molecule has 0 saturated carbocycles. The molecule has 1 fully saturated rings. The Hall–Kier alpha value is -2.91. The number of anilines is 1. The van der Waals surface area contributed by atoms with Crippen molar-refractivity contribution in [3.8, 4) is 5.75 Å². The third-order valence-corrected chi connectivity index (χ3v) is 7.17. The molecule has 2 heterocycles. The van der Waals surface area contributed by atoms with E-state index < -0.39 is 28.9 Å². The van der Waals surface area contributed by atoms with Gasteiger partial charge in [-0.2, -0.15) is 8.78 Å². The van der Waals surface area contributed by atoms with Crippen molar-refractivity contribution in [1.29, 1.82) is 0 Å². The molecule has 37 heavy (non-hydrogen) atoms. The summed E-state index contributed by atoms with van der Waals surface area (Å²) in [7, 11) is 2.10. The molecular formula is C28H35F3N4O2. The van der Waals surface area contributed by atoms with Crippen LogP contribution in [0.2, 0.25) is 0 Å². The highest BCUT2D eigenvalue weighted by Crippen LogP contribution is 2.41. The highest BCUT2D eigenvalue weighted by atomic mass is 19.3. The molecule has 1 aliphatic rings. The van der Waals surface area contributed by atoms with E-state index in [9.17, 15) is 13.9 Å². The van der Waals surface area contributed by atoms with Crippen molar-refractivity contribution >= 4 is 16.7 Å². The van der Waals surface area contributed by atoms with Gasteiger partial charge in [0.1, 0.15) is 34.9 Å². The lowest BCUT2D eigenvalue weighted by Gasteiger charge is -2.30. The minimum absolute atomic E-state index is 0.0130. The molecule has 200 valence electrons. The minimum atomic E-state index is -3.78. The van der Waals surface area contributed by atoms with Crippen LogP contribution in [0.4, 0.5) is 19.0 Å². The van der Waals surface area contributed by atoms with Crippen molar-refractivity contribution < 1.29 is 23.0 Å². The Morgan fingerprint density at radius 3 is 2.54 bits per heavy atom. The van der Waals surface area contributed by atoms with E-state index in [2.05, 4.69) is 34.2 Å². The van der Waals surface area contributed by atoms with Crippen molar-refractivity contribution in [1.82, 2.24) is 14.9 Å². The standard InChI is InChI=1S/C28H35F3N4O2/c1-16(20-9-7-10-22(25(20)29)28(30,31)27(4,5)36)32-26-21-15-19(12-13-23(21)33-18(3)34-26)37-17(2)24-11-8-14-35(24)6/h7,9-10,12-13,15-17,24,36H,8,11,14H2,1-6H3,(H,32,33,34)/t16-,17+,24+/m1/s1. The number of aromatic nitrogens is 2. The number of fused-ring (bicyclic) bond motifs is 1. The first-order valence-electron chi connectivity index (χ1n) is 12.6. The molecule has 0 spiro atoms. The molecule has 9 heteroatoms. The van der Waals surface area contributed by atoms with Gasteiger partial charge in [-0.05, 0) is 85.3 Å². The lowest BCUT2D eigenvalue weighted by atomic mass is 9.91. The predicted molar refractivity (Wildman–Crippen MR) is 139 cm³/mol. The number of hydrogen-bond donors (Lipinski definition) is 2. The first-order chi connectivity index (χ1) is 17.3. The maximum atomic E-state index is 15.3. The molecule has 3 atom stereocenters. The molecule has 0 unspecified atom stereocenters. The van der Waals surface area contributed by atoms with Crippen LogP contribution in [-0.4, -0.2) is 51.3 Å². The fourth-order valence-electron chi connectivity index (χ4n) is 4.97. The fourth-order valence-corrected chi connectivity index (χ4v) is 4.97. The van der Waals surface area contributed by atoms with Crippen LogP contribution in [-0.2, 0) is 5.92 Å². The summed E-state index contributed by atoms with van der Waals surface area (Å²) in [5.74, 6) is -3.21. The van der Waals surface area contributed by atoms with Crippen molar-refractivity contribution in [2.24, 2.45) is 0 Å². The number of ether oxygens (including phenoxy) is 1. The molecule has 1 aromatic heterocycles. The quantitative estimate of drug-likeness (QED) is 0.384. The van der Waals surface area contributed by atoms with Crippen molar-refractivity contribution in [2.45, 2.75) is 77.2 Å². The molecule has 0 amide bonds. The van der Waals surface area contributed by atoms with Crippen LogP contribution in [0.1, 0.15) is 63.5 Å². The summed E-state index contributed by atoms with van der Waals surface area (Å²) in [6.45, 7) is 8.45. The van der Waals surface area contributed by atoms with E-state index in [1.54, 1.807) is 13.8 Å². The summed E-state index contributed by atoms with van der Waals surface area (Å²) >= 11 is 0. The smallest absolute Gasteiger partial charge is 0.303 e. The predicted octanol–water partition coefficient (Wildman–Crippen LogP) is 5.97. The molecular weight excluding hydrogens is 481 g/mol. The molecule has 6 nitrogen and oxygen atoms in total. The van der Waals surface area contributed by atoms with Crippen molar-refractivity contribution in [2.75, 3.05) is 18.9 Å². The second-order valence-electron chi connectivity index (χ2n) is 10.5. The molecule has 4 rings (SSSR count). The van der Waals surface area contributed by atoms with Crippen LogP contribution in [0.5, 0.6) is 5.75 Å². The Morgan fingerprint density at radius 2 is 1.89 bits per heavy atom. The topological polar surface area (TPSA) is 70.5 Å². The molecule has 3 aromatic rings. The summed E-state index contributed by atoms with van der Waals surface area (Å²) in [4.78, 5) is 11.3. The number of halogens is 3. The number of alkyl halides is 2. The van der Waals surface area contributed by atoms with Crippen LogP contribution in [0.25, 0.3) is 10.9 Å². The number of nitrogens with one attached hydrogen (secondary N) is 1. The van der Waals surface area contributed by atoms with Crippen LogP contribution in [0.15, 0.2) is 36.4 Å². The van der Waals surface area contributed by atoms with E-state index in [0.29, 0.717) is 34.3 Å². The van der Waals surface area contributed by atoms with Gasteiger partial charge in [0.25, 0.3) is 0 Å². The maximum Gasteiger partial charge on any atom is 0.303 e. The number of benzene rings is 2. The number of nitrogens with zero attached hydrogens (tertiary/aromatic N) is 3. The largest absolute Gasteiger partial charge is 0.489 e. The van der Waals surface area contributed by atoms with E-state index in [0.717, 1.165) is 39.3 Å². The summed E-state index contributed by atoms with van der Waals surface area (Å²) in [5, 5.41) is 13.8. The lowest BCUT2D eigenvalue weighted by Crippen LogP contribution is -2.41. The maximum absolute atomic E-state index is 15.3. The molecule has 0 aliphatic carbocycles. The normalized spacial score (nSPS) is 18.7. The van der Waals surface area contributed by atoms with Gasteiger partial charge in [-0.15, -0.1) is 0 Å². The number of rotatable bonds is 8. The molecule has 1 aliphatic heterocycles. The highest BCUT2D eigenvalue weighted by molar-refractivity contribution is 5.90. The van der Waals surface area contributed by atoms with E-state index in [1.165, 1.54) is 12.1 Å². The third kappa shape index (κ3) is 5.38. The Kier molecular flexibility index (Phi) is 7.41. The van der Waals surface area contributed by atoms with Gasteiger partial charge in [-0.25, -0.2) is 14.4 Å². The van der Waals surface area contributed by atoms with Gasteiger partial charge in [0.05, 0.1) is 17.1 Å². The van der Waals surface area contributed by atoms with Gasteiger partial charge in [-0.1, -0.05) is 12.1 Å². The number of aliphatic hydroxyl groups is 1. The zero-order valence-electron chi connectivity index (χ0n) is 22.1. The zero-order valence-corrected chi connectivity index (χ0v) is 22.1. The third-order valence-electron chi connectivity index (χ3n) is 7.17. The van der Waals surface area contributed by atoms with Gasteiger partial charge < -0.3 is 15.2 Å². The van der Waals surface area contributed by atoms with Crippen LogP contribution >= 0.6 is 0 Å². The van der Waals surface area contributed by atoms with Crippen molar-refractivity contribution in [3.63, 3.8) is 0 Å². The molecule has 2 N–H and O–H groups in total. The Labute approximate surface area is 215 Å². The molecule has 0 radical (unpaired) electrons. The van der Waals surface area contributed by atoms with Gasteiger partial charge in [0.2, 0.25) is 0 Å². The fraction of sp³-hybridized carbons (Fsp3) is 0.500. The van der Waals surface area contributed by atoms with E-state index in [4.69, 9.17) is 4.74 Å². The number of likely N-dealkylation sites (N-methyl/N-ethyl adjacent to an activating group) is 1. The minimum Gasteiger partial charge on any atom is -0.489 e. The first-order valence-corrected chi connectivity index (χ1v) is 12.6. The van der Waals surface area contributed by atoms with E-state index in [1.807, 2.05) is 18.2 Å². The summed E-state index contributed by atoms with van der Waals surface area (Å²) < 4.78 is 51.2. The number of likely N-dealkylation sites (tertiary alicyclic amines) is 1. The lowest BCUT2D eigenvalue weighted by molar-refractivity contribution is -0.170. The van der Waals surface area contributed by atoms with Gasteiger partial charge >= 0.3 is 5.92 Å². The SMILES string of the molecule is Cc1nc(N[C@H](C)c2cccc(C(F)(F)C(C)(C)O)c2F)c2cc(O[C@@H](C)[C@@H]3CCCN3C)ccc2n1. The summed E-state index contributed by atoms with van der Waals surface area (Å²) in [5.41, 5.74) is -2.56. The molecule has 2 aromatic carbocycles. The molecule has 1 saturated heterocycles. The zero-order chi connectivity index (χ0) is 27.1. The van der Waals surface area contributed by atoms with Crippen molar-refractivity contribution in [3.05, 3.63) is 59.2 Å². The van der Waals surface area contributed by atoms with Crippen LogP contribution in [0.3, 0.4) is 0 Å². The van der Waals surface area contributed by atoms with Gasteiger partial charge in [0.15, 0.2) is 0 Å². The number of aryl methyl sites for hydroxylation is 1. The number of hydrogen-bond acceptors (Lipinski definition) is 6. The highest BCUT2D eigenvalue weighted by Gasteiger charge is 2.49. The average Bonchev–Trinajstić information content (AvgIpc) is 3.24. The Balaban J connectivity index is 1.65. The van der Waals surface area contributed by atoms with E-state index in [-0.39, 0.29) is 11.7 Å². The van der Waals surface area contributed by atoms with Gasteiger partial charge in [-0.3, -0.25) is 4.90 Å². The second kappa shape index (κ2) is 10.1. The molecule has 0 bridgehead atoms. The van der Waals surface area contributed by atoms with Crippen LogP contribution < -0.4 is 10.1 Å². The summed E-state index contributed by atoms with van der Waals surface area (Å²) in [6, 6.07) is 9.01. The Bertz CT molecular complexity index is 1280. The van der Waals surface area contributed by atoms with E-state index >= 15 is 4.39 Å². The van der Waals surface area contributed by atoms with Crippen LogP contribution in [0, 0.1) is 12.7 Å². The second-order valence-corrected chi connectivity index (χ2v) is 10.5. The first kappa shape index (κ1) is 27.1. The average molecular weight is 517 g/mol.